The summed E-state index contributed by atoms with van der Waals surface area (Å²) in [7, 11) is 0. The van der Waals surface area contributed by atoms with Crippen LogP contribution in [0.4, 0.5) is 0 Å². The molecule has 1 aliphatic rings. The quantitative estimate of drug-likeness (QED) is 0.528. The summed E-state index contributed by atoms with van der Waals surface area (Å²) in [4.78, 5) is 21.9. The highest BCUT2D eigenvalue weighted by Gasteiger charge is 2.25. The predicted molar refractivity (Wildman–Crippen MR) is 121 cm³/mol. The van der Waals surface area contributed by atoms with Gasteiger partial charge >= 0.3 is 0 Å². The minimum atomic E-state index is -0.151. The Labute approximate surface area is 186 Å². The lowest BCUT2D eigenvalue weighted by Gasteiger charge is -2.14. The van der Waals surface area contributed by atoms with Gasteiger partial charge in [-0.1, -0.05) is 12.1 Å². The highest BCUT2D eigenvalue weighted by Crippen LogP contribution is 2.33. The van der Waals surface area contributed by atoms with Crippen molar-refractivity contribution in [2.24, 2.45) is 0 Å². The van der Waals surface area contributed by atoms with E-state index in [9.17, 15) is 4.79 Å². The fraction of sp³-hybridized carbons (Fsp3) is 0.200. The number of nitrogens with zero attached hydrogens (tertiary/aromatic N) is 4. The number of para-hydroxylation sites is 1. The maximum absolute atomic E-state index is 12.9. The number of aryl methyl sites for hydroxylation is 2. The molecule has 2 aromatic carbocycles. The smallest absolute Gasteiger partial charge is 0.253 e. The summed E-state index contributed by atoms with van der Waals surface area (Å²) in [5.41, 5.74) is 6.12. The minimum Gasteiger partial charge on any atom is -0.488 e. The second-order valence-corrected chi connectivity index (χ2v) is 7.89. The van der Waals surface area contributed by atoms with Gasteiger partial charge in [0.1, 0.15) is 11.9 Å². The van der Waals surface area contributed by atoms with E-state index in [1.54, 1.807) is 23.1 Å². The molecule has 0 saturated heterocycles. The minimum absolute atomic E-state index is 0.120. The van der Waals surface area contributed by atoms with Crippen LogP contribution in [0.15, 0.2) is 67.1 Å². The molecule has 2 aromatic heterocycles. The topological polar surface area (TPSA) is 81.9 Å². The van der Waals surface area contributed by atoms with Gasteiger partial charge in [-0.15, -0.1) is 0 Å². The first-order valence-corrected chi connectivity index (χ1v) is 10.6. The Bertz CT molecular complexity index is 1280. The summed E-state index contributed by atoms with van der Waals surface area (Å²) in [6.45, 7) is 4.32. The van der Waals surface area contributed by atoms with Crippen molar-refractivity contribution in [1.29, 1.82) is 0 Å². The van der Waals surface area contributed by atoms with Crippen molar-refractivity contribution in [1.82, 2.24) is 25.1 Å². The molecule has 4 aromatic rings. The number of aromatic nitrogens is 4. The van der Waals surface area contributed by atoms with Gasteiger partial charge in [0.25, 0.3) is 5.91 Å². The first kappa shape index (κ1) is 19.9. The normalized spacial score (nSPS) is 14.6. The Morgan fingerprint density at radius 3 is 2.91 bits per heavy atom. The monoisotopic (exact) mass is 425 g/mol. The molecule has 3 heterocycles. The number of nitrogens with one attached hydrogen (secondary N) is 1. The van der Waals surface area contributed by atoms with E-state index in [-0.39, 0.29) is 12.0 Å². The number of carbonyl (C=O) groups is 1. The molecule has 160 valence electrons. The molecule has 0 spiro atoms. The van der Waals surface area contributed by atoms with E-state index in [0.717, 1.165) is 46.1 Å². The summed E-state index contributed by atoms with van der Waals surface area (Å²) < 4.78 is 7.76. The number of benzene rings is 2. The highest BCUT2D eigenvalue weighted by molar-refractivity contribution is 5.97. The molecule has 1 amide bonds. The van der Waals surface area contributed by atoms with Crippen LogP contribution in [0.5, 0.6) is 5.75 Å². The van der Waals surface area contributed by atoms with Crippen molar-refractivity contribution in [3.63, 3.8) is 0 Å². The molecule has 0 bridgehead atoms. The Hall–Kier alpha value is -4.00. The van der Waals surface area contributed by atoms with Gasteiger partial charge in [0.05, 0.1) is 34.9 Å². The van der Waals surface area contributed by atoms with Crippen LogP contribution in [-0.2, 0) is 6.42 Å². The molecule has 0 radical (unpaired) electrons. The summed E-state index contributed by atoms with van der Waals surface area (Å²) >= 11 is 0. The second kappa shape index (κ2) is 8.26. The van der Waals surface area contributed by atoms with E-state index in [4.69, 9.17) is 4.74 Å². The lowest BCUT2D eigenvalue weighted by molar-refractivity contribution is 0.0933. The van der Waals surface area contributed by atoms with Crippen LogP contribution in [0.1, 0.15) is 27.3 Å². The van der Waals surface area contributed by atoms with Crippen molar-refractivity contribution in [2.45, 2.75) is 26.4 Å². The Morgan fingerprint density at radius 2 is 2.06 bits per heavy atom. The largest absolute Gasteiger partial charge is 0.488 e. The zero-order valence-corrected chi connectivity index (χ0v) is 17.9. The predicted octanol–water partition coefficient (Wildman–Crippen LogP) is 3.68. The summed E-state index contributed by atoms with van der Waals surface area (Å²) in [5.74, 6) is 0.699. The van der Waals surface area contributed by atoms with Crippen LogP contribution in [0.3, 0.4) is 0 Å². The zero-order valence-electron chi connectivity index (χ0n) is 17.9. The van der Waals surface area contributed by atoms with Crippen LogP contribution < -0.4 is 10.1 Å². The fourth-order valence-corrected chi connectivity index (χ4v) is 3.97. The van der Waals surface area contributed by atoms with Crippen LogP contribution in [0.2, 0.25) is 0 Å². The summed E-state index contributed by atoms with van der Waals surface area (Å²) in [5, 5.41) is 7.25. The average molecular weight is 425 g/mol. The summed E-state index contributed by atoms with van der Waals surface area (Å²) in [6.07, 6.45) is 5.89. The molecule has 7 nitrogen and oxygen atoms in total. The molecule has 5 rings (SSSR count). The molecule has 32 heavy (non-hydrogen) atoms. The van der Waals surface area contributed by atoms with Gasteiger partial charge in [-0.3, -0.25) is 9.78 Å². The first-order valence-electron chi connectivity index (χ1n) is 10.6. The maximum atomic E-state index is 12.9. The molecule has 1 N–H and O–H groups in total. The molecule has 1 aliphatic heterocycles. The number of hydrogen-bond donors (Lipinski definition) is 1. The third-order valence-electron chi connectivity index (χ3n) is 5.54. The van der Waals surface area contributed by atoms with Gasteiger partial charge in [-0.2, -0.15) is 5.10 Å². The number of ether oxygens (including phenoxy) is 1. The molecule has 1 atom stereocenters. The van der Waals surface area contributed by atoms with Gasteiger partial charge in [-0.25, -0.2) is 9.67 Å². The van der Waals surface area contributed by atoms with E-state index < -0.39 is 0 Å². The Kier molecular flexibility index (Phi) is 5.15. The van der Waals surface area contributed by atoms with Crippen LogP contribution in [0.25, 0.3) is 16.9 Å². The number of carbonyl (C=O) groups excluding carboxylic acids is 1. The van der Waals surface area contributed by atoms with Crippen LogP contribution >= 0.6 is 0 Å². The SMILES string of the molecule is Cc1cnc(C)c(-c2ccc3c(c2)CC(CNC(=O)c2ccccc2-n2cccn2)O3)n1. The summed E-state index contributed by atoms with van der Waals surface area (Å²) in [6, 6.07) is 15.3. The lowest BCUT2D eigenvalue weighted by Crippen LogP contribution is -2.34. The van der Waals surface area contributed by atoms with E-state index in [1.807, 2.05) is 56.4 Å². The molecule has 0 saturated carbocycles. The third kappa shape index (κ3) is 3.85. The molecule has 0 aliphatic carbocycles. The van der Waals surface area contributed by atoms with E-state index in [1.165, 1.54) is 0 Å². The molecule has 1 unspecified atom stereocenters. The lowest BCUT2D eigenvalue weighted by atomic mass is 10.0. The van der Waals surface area contributed by atoms with Crippen LogP contribution in [0, 0.1) is 13.8 Å². The van der Waals surface area contributed by atoms with Crippen molar-refractivity contribution in [2.75, 3.05) is 6.54 Å². The first-order chi connectivity index (χ1) is 15.6. The molecule has 7 heteroatoms. The van der Waals surface area contributed by atoms with Gasteiger partial charge in [0.15, 0.2) is 0 Å². The number of fused-ring (bicyclic) bond motifs is 1. The van der Waals surface area contributed by atoms with Gasteiger partial charge < -0.3 is 10.1 Å². The van der Waals surface area contributed by atoms with Gasteiger partial charge in [0, 0.05) is 30.6 Å². The third-order valence-corrected chi connectivity index (χ3v) is 5.54. The van der Waals surface area contributed by atoms with Gasteiger partial charge in [-0.05, 0) is 55.8 Å². The zero-order chi connectivity index (χ0) is 22.1. The Balaban J connectivity index is 1.28. The van der Waals surface area contributed by atoms with Crippen molar-refractivity contribution < 1.29 is 9.53 Å². The Morgan fingerprint density at radius 1 is 1.19 bits per heavy atom. The number of hydrogen-bond acceptors (Lipinski definition) is 5. The van der Waals surface area contributed by atoms with E-state index in [0.29, 0.717) is 12.1 Å². The van der Waals surface area contributed by atoms with Crippen molar-refractivity contribution >= 4 is 5.91 Å². The van der Waals surface area contributed by atoms with Crippen molar-refractivity contribution in [3.05, 3.63) is 89.6 Å². The molecular weight excluding hydrogens is 402 g/mol. The highest BCUT2D eigenvalue weighted by atomic mass is 16.5. The number of rotatable bonds is 5. The fourth-order valence-electron chi connectivity index (χ4n) is 3.97. The van der Waals surface area contributed by atoms with E-state index >= 15 is 0 Å². The maximum Gasteiger partial charge on any atom is 0.253 e. The van der Waals surface area contributed by atoms with E-state index in [2.05, 4.69) is 26.4 Å². The van der Waals surface area contributed by atoms with Gasteiger partial charge in [0.2, 0.25) is 0 Å². The second-order valence-electron chi connectivity index (χ2n) is 7.89. The van der Waals surface area contributed by atoms with Crippen LogP contribution in [-0.4, -0.2) is 38.3 Å². The standard InChI is InChI=1S/C25H23N5O2/c1-16-14-26-17(2)24(29-16)18-8-9-23-19(12-18)13-20(32-23)15-27-25(31)21-6-3-4-7-22(21)30-11-5-10-28-30/h3-12,14,20H,13,15H2,1-2H3,(H,27,31). The molecule has 0 fully saturated rings. The van der Waals surface area contributed by atoms with Crippen molar-refractivity contribution in [3.8, 4) is 22.7 Å². The molecular formula is C25H23N5O2. The number of amides is 1. The average Bonchev–Trinajstić information content (AvgIpc) is 3.48.